The molecule has 2 aromatic rings. The molecule has 126 valence electrons. The highest BCUT2D eigenvalue weighted by Gasteiger charge is 2.16. The lowest BCUT2D eigenvalue weighted by molar-refractivity contribution is -0.126. The van der Waals surface area contributed by atoms with Crippen LogP contribution in [0.3, 0.4) is 0 Å². The quantitative estimate of drug-likeness (QED) is 0.847. The summed E-state index contributed by atoms with van der Waals surface area (Å²) in [6, 6.07) is 15.6. The van der Waals surface area contributed by atoms with Crippen LogP contribution in [0.1, 0.15) is 24.1 Å². The van der Waals surface area contributed by atoms with Crippen molar-refractivity contribution in [3.63, 3.8) is 0 Å². The maximum atomic E-state index is 12.3. The molecule has 0 saturated heterocycles. The first-order valence-electron chi connectivity index (χ1n) is 7.42. The summed E-state index contributed by atoms with van der Waals surface area (Å²) in [7, 11) is -2.01. The highest BCUT2D eigenvalue weighted by atomic mass is 32.2. The topological polar surface area (TPSA) is 80.5 Å². The van der Waals surface area contributed by atoms with Gasteiger partial charge in [0.1, 0.15) is 0 Å². The molecular formula is C18H20N2O3S. The van der Waals surface area contributed by atoms with Gasteiger partial charge in [-0.3, -0.25) is 4.79 Å². The zero-order valence-corrected chi connectivity index (χ0v) is 14.4. The van der Waals surface area contributed by atoms with Gasteiger partial charge >= 0.3 is 0 Å². The Morgan fingerprint density at radius 2 is 1.67 bits per heavy atom. The number of carbonyl (C=O) groups excluding carboxylic acids is 1. The minimum Gasteiger partial charge on any atom is -0.335 e. The highest BCUT2D eigenvalue weighted by Crippen LogP contribution is 2.20. The molecule has 0 aliphatic heterocycles. The number of hydrogen-bond acceptors (Lipinski definition) is 3. The molecule has 24 heavy (non-hydrogen) atoms. The van der Waals surface area contributed by atoms with Crippen molar-refractivity contribution < 1.29 is 13.2 Å². The number of benzene rings is 2. The van der Waals surface area contributed by atoms with E-state index in [0.717, 1.165) is 11.1 Å². The lowest BCUT2D eigenvalue weighted by Gasteiger charge is -2.24. The molecule has 6 heteroatoms. The van der Waals surface area contributed by atoms with E-state index in [1.807, 2.05) is 37.3 Å². The lowest BCUT2D eigenvalue weighted by atomic mass is 10.1. The number of nitrogens with two attached hydrogens (primary N) is 1. The van der Waals surface area contributed by atoms with Crippen LogP contribution in [0, 0.1) is 0 Å². The molecule has 0 spiro atoms. The van der Waals surface area contributed by atoms with Crippen molar-refractivity contribution in [3.8, 4) is 0 Å². The Kier molecular flexibility index (Phi) is 5.54. The molecule has 1 atom stereocenters. The number of sulfonamides is 1. The van der Waals surface area contributed by atoms with Gasteiger partial charge < -0.3 is 4.90 Å². The zero-order chi connectivity index (χ0) is 17.7. The van der Waals surface area contributed by atoms with E-state index in [9.17, 15) is 13.2 Å². The van der Waals surface area contributed by atoms with E-state index in [4.69, 9.17) is 5.14 Å². The lowest BCUT2D eigenvalue weighted by Crippen LogP contribution is -2.28. The normalized spacial score (nSPS) is 13.0. The second kappa shape index (κ2) is 7.42. The van der Waals surface area contributed by atoms with Crippen molar-refractivity contribution in [3.05, 3.63) is 71.8 Å². The smallest absolute Gasteiger partial charge is 0.246 e. The Balaban J connectivity index is 2.09. The van der Waals surface area contributed by atoms with Gasteiger partial charge in [-0.25, -0.2) is 13.6 Å². The van der Waals surface area contributed by atoms with E-state index in [0.29, 0.717) is 0 Å². The molecule has 0 heterocycles. The van der Waals surface area contributed by atoms with Gasteiger partial charge in [-0.2, -0.15) is 0 Å². The maximum Gasteiger partial charge on any atom is 0.246 e. The molecule has 0 aromatic heterocycles. The maximum absolute atomic E-state index is 12.3. The van der Waals surface area contributed by atoms with Crippen LogP contribution in [0.2, 0.25) is 0 Å². The second-order valence-electron chi connectivity index (χ2n) is 5.48. The summed E-state index contributed by atoms with van der Waals surface area (Å²) in [5.74, 6) is -0.137. The third-order valence-corrected chi connectivity index (χ3v) is 4.77. The predicted molar refractivity (Wildman–Crippen MR) is 94.5 cm³/mol. The molecule has 0 fully saturated rings. The van der Waals surface area contributed by atoms with Crippen LogP contribution >= 0.6 is 0 Å². The first-order chi connectivity index (χ1) is 11.3. The molecule has 1 amide bonds. The van der Waals surface area contributed by atoms with Crippen molar-refractivity contribution in [2.75, 3.05) is 7.05 Å². The molecule has 0 radical (unpaired) electrons. The molecule has 0 aliphatic rings. The first kappa shape index (κ1) is 17.9. The van der Waals surface area contributed by atoms with Crippen LogP contribution < -0.4 is 5.14 Å². The van der Waals surface area contributed by atoms with Crippen LogP contribution in [-0.2, 0) is 14.8 Å². The van der Waals surface area contributed by atoms with Crippen molar-refractivity contribution in [1.82, 2.24) is 4.90 Å². The van der Waals surface area contributed by atoms with Crippen LogP contribution in [0.25, 0.3) is 6.08 Å². The van der Waals surface area contributed by atoms with Gasteiger partial charge in [-0.15, -0.1) is 0 Å². The van der Waals surface area contributed by atoms with Gasteiger partial charge in [0.05, 0.1) is 10.9 Å². The fraction of sp³-hybridized carbons (Fsp3) is 0.167. The molecule has 5 nitrogen and oxygen atoms in total. The number of carbonyl (C=O) groups is 1. The summed E-state index contributed by atoms with van der Waals surface area (Å²) in [6.07, 6.45) is 3.28. The Hall–Kier alpha value is -2.44. The van der Waals surface area contributed by atoms with Crippen LogP contribution in [0.15, 0.2) is 65.6 Å². The number of rotatable bonds is 5. The Morgan fingerprint density at radius 3 is 2.21 bits per heavy atom. The third kappa shape index (κ3) is 4.53. The molecule has 2 aromatic carbocycles. The van der Waals surface area contributed by atoms with Gasteiger partial charge in [-0.1, -0.05) is 42.5 Å². The number of nitrogens with zero attached hydrogens (tertiary/aromatic N) is 1. The Labute approximate surface area is 142 Å². The molecule has 2 rings (SSSR count). The van der Waals surface area contributed by atoms with Crippen LogP contribution in [0.4, 0.5) is 0 Å². The van der Waals surface area contributed by atoms with Gasteiger partial charge in [-0.05, 0) is 36.3 Å². The minimum atomic E-state index is -3.71. The summed E-state index contributed by atoms with van der Waals surface area (Å²) < 4.78 is 22.6. The fourth-order valence-electron chi connectivity index (χ4n) is 2.20. The molecular weight excluding hydrogens is 324 g/mol. The number of amides is 1. The van der Waals surface area contributed by atoms with E-state index >= 15 is 0 Å². The van der Waals surface area contributed by atoms with E-state index in [1.165, 1.54) is 18.2 Å². The fourth-order valence-corrected chi connectivity index (χ4v) is 2.72. The Bertz CT molecular complexity index is 828. The van der Waals surface area contributed by atoms with Crippen molar-refractivity contribution in [1.29, 1.82) is 0 Å². The van der Waals surface area contributed by atoms with Crippen molar-refractivity contribution in [2.24, 2.45) is 5.14 Å². The SMILES string of the molecule is CC(c1ccc(S(N)(=O)=O)cc1)N(C)C(=O)/C=C/c1ccccc1. The number of hydrogen-bond donors (Lipinski definition) is 1. The van der Waals surface area contributed by atoms with E-state index in [-0.39, 0.29) is 16.8 Å². The van der Waals surface area contributed by atoms with E-state index < -0.39 is 10.0 Å². The first-order valence-corrected chi connectivity index (χ1v) is 8.96. The molecule has 2 N–H and O–H groups in total. The van der Waals surface area contributed by atoms with Crippen LogP contribution in [-0.4, -0.2) is 26.3 Å². The molecule has 0 aliphatic carbocycles. The van der Waals surface area contributed by atoms with Gasteiger partial charge in [0.25, 0.3) is 0 Å². The average Bonchev–Trinajstić information content (AvgIpc) is 2.58. The van der Waals surface area contributed by atoms with Crippen LogP contribution in [0.5, 0.6) is 0 Å². The zero-order valence-electron chi connectivity index (χ0n) is 13.6. The van der Waals surface area contributed by atoms with Gasteiger partial charge in [0.2, 0.25) is 15.9 Å². The standard InChI is InChI=1S/C18H20N2O3S/c1-14(16-9-11-17(12-10-16)24(19,22)23)20(2)18(21)13-8-15-6-4-3-5-7-15/h3-14H,1-2H3,(H2,19,22,23)/b13-8+. The highest BCUT2D eigenvalue weighted by molar-refractivity contribution is 7.89. The summed E-state index contributed by atoms with van der Waals surface area (Å²) in [5, 5.41) is 5.08. The Morgan fingerprint density at radius 1 is 1.08 bits per heavy atom. The summed E-state index contributed by atoms with van der Waals surface area (Å²) >= 11 is 0. The second-order valence-corrected chi connectivity index (χ2v) is 7.04. The average molecular weight is 344 g/mol. The number of likely N-dealkylation sites (N-methyl/N-ethyl adjacent to an activating group) is 1. The van der Waals surface area contributed by atoms with Gasteiger partial charge in [0.15, 0.2) is 0 Å². The summed E-state index contributed by atoms with van der Waals surface area (Å²) in [5.41, 5.74) is 1.77. The predicted octanol–water partition coefficient (Wildman–Crippen LogP) is 2.57. The molecule has 0 bridgehead atoms. The largest absolute Gasteiger partial charge is 0.335 e. The van der Waals surface area contributed by atoms with E-state index in [1.54, 1.807) is 30.2 Å². The molecule has 1 unspecified atom stereocenters. The number of primary sulfonamides is 1. The van der Waals surface area contributed by atoms with Crippen molar-refractivity contribution in [2.45, 2.75) is 17.9 Å². The monoisotopic (exact) mass is 344 g/mol. The summed E-state index contributed by atoms with van der Waals surface area (Å²) in [6.45, 7) is 1.88. The molecule has 0 saturated carbocycles. The summed E-state index contributed by atoms with van der Waals surface area (Å²) in [4.78, 5) is 13.9. The minimum absolute atomic E-state index is 0.0522. The van der Waals surface area contributed by atoms with E-state index in [2.05, 4.69) is 0 Å². The van der Waals surface area contributed by atoms with Crippen molar-refractivity contribution >= 4 is 22.0 Å². The van der Waals surface area contributed by atoms with Gasteiger partial charge in [0, 0.05) is 13.1 Å². The third-order valence-electron chi connectivity index (χ3n) is 3.84.